The summed E-state index contributed by atoms with van der Waals surface area (Å²) in [6.07, 6.45) is 0. The number of aliphatic hydroxyl groups is 1. The Kier molecular flexibility index (Phi) is 4.58. The molecule has 21 heavy (non-hydrogen) atoms. The van der Waals surface area contributed by atoms with Gasteiger partial charge in [0.05, 0.1) is 29.7 Å². The van der Waals surface area contributed by atoms with E-state index in [1.54, 1.807) is 42.5 Å². The van der Waals surface area contributed by atoms with Crippen molar-refractivity contribution in [2.75, 3.05) is 4.72 Å². The molecule has 2 N–H and O–H groups in total. The van der Waals surface area contributed by atoms with E-state index in [4.69, 9.17) is 5.26 Å². The van der Waals surface area contributed by atoms with E-state index in [1.165, 1.54) is 6.07 Å². The molecular weight excluding hydrogens is 288 g/mol. The maximum Gasteiger partial charge on any atom is 0.236 e. The molecule has 0 aliphatic heterocycles. The fourth-order valence-corrected chi connectivity index (χ4v) is 3.14. The van der Waals surface area contributed by atoms with Crippen LogP contribution in [-0.4, -0.2) is 13.5 Å². The summed E-state index contributed by atoms with van der Waals surface area (Å²) in [5.74, 6) is -0.234. The fraction of sp³-hybridized carbons (Fsp3) is 0.133. The lowest BCUT2D eigenvalue weighted by atomic mass is 10.2. The van der Waals surface area contributed by atoms with E-state index in [-0.39, 0.29) is 12.4 Å². The van der Waals surface area contributed by atoms with E-state index in [1.807, 2.05) is 6.07 Å². The molecule has 0 fully saturated rings. The Balaban J connectivity index is 2.21. The van der Waals surface area contributed by atoms with Gasteiger partial charge < -0.3 is 5.11 Å². The molecule has 0 heterocycles. The van der Waals surface area contributed by atoms with E-state index in [0.717, 1.165) is 0 Å². The standard InChI is InChI=1S/C15H14N2O3S/c16-9-12-4-3-5-13(8-12)11-21(19,20)17-15-7-2-1-6-14(15)10-18/h1-8,17-18H,10-11H2. The molecule has 5 nitrogen and oxygen atoms in total. The van der Waals surface area contributed by atoms with Gasteiger partial charge in [-0.2, -0.15) is 5.26 Å². The SMILES string of the molecule is N#Cc1cccc(CS(=O)(=O)Nc2ccccc2CO)c1. The van der Waals surface area contributed by atoms with Crippen molar-refractivity contribution in [3.05, 3.63) is 65.2 Å². The number of aliphatic hydroxyl groups excluding tert-OH is 1. The normalized spacial score (nSPS) is 10.9. The molecule has 0 saturated carbocycles. The lowest BCUT2D eigenvalue weighted by Crippen LogP contribution is -2.16. The molecule has 0 saturated heterocycles. The summed E-state index contributed by atoms with van der Waals surface area (Å²) < 4.78 is 26.8. The fourth-order valence-electron chi connectivity index (χ4n) is 1.91. The van der Waals surface area contributed by atoms with Gasteiger partial charge in [0.25, 0.3) is 0 Å². The van der Waals surface area contributed by atoms with Gasteiger partial charge in [-0.15, -0.1) is 0 Å². The molecule has 0 spiro atoms. The lowest BCUT2D eigenvalue weighted by molar-refractivity contribution is 0.282. The molecule has 0 unspecified atom stereocenters. The molecule has 2 aromatic rings. The highest BCUT2D eigenvalue weighted by Gasteiger charge is 2.14. The second-order valence-electron chi connectivity index (χ2n) is 4.49. The molecule has 0 aromatic heterocycles. The Morgan fingerprint density at radius 3 is 2.62 bits per heavy atom. The highest BCUT2D eigenvalue weighted by atomic mass is 32.2. The molecule has 0 aliphatic carbocycles. The zero-order valence-electron chi connectivity index (χ0n) is 11.2. The van der Waals surface area contributed by atoms with Crippen molar-refractivity contribution in [1.29, 1.82) is 5.26 Å². The third-order valence-electron chi connectivity index (χ3n) is 2.87. The first-order valence-corrected chi connectivity index (χ1v) is 7.87. The number of rotatable bonds is 5. The second-order valence-corrected chi connectivity index (χ2v) is 6.21. The summed E-state index contributed by atoms with van der Waals surface area (Å²) in [5, 5.41) is 18.0. The molecule has 0 atom stereocenters. The van der Waals surface area contributed by atoms with Crippen LogP contribution in [0.3, 0.4) is 0 Å². The van der Waals surface area contributed by atoms with Gasteiger partial charge >= 0.3 is 0 Å². The van der Waals surface area contributed by atoms with Crippen molar-refractivity contribution in [2.24, 2.45) is 0 Å². The topological polar surface area (TPSA) is 90.2 Å². The van der Waals surface area contributed by atoms with Crippen LogP contribution in [-0.2, 0) is 22.4 Å². The van der Waals surface area contributed by atoms with Gasteiger partial charge in [-0.3, -0.25) is 4.72 Å². The van der Waals surface area contributed by atoms with Gasteiger partial charge in [0.1, 0.15) is 0 Å². The highest BCUT2D eigenvalue weighted by molar-refractivity contribution is 7.91. The van der Waals surface area contributed by atoms with Crippen LogP contribution < -0.4 is 4.72 Å². The first kappa shape index (κ1) is 15.0. The summed E-state index contributed by atoms with van der Waals surface area (Å²) in [7, 11) is -3.62. The predicted octanol–water partition coefficient (Wildman–Crippen LogP) is 1.99. The van der Waals surface area contributed by atoms with E-state index < -0.39 is 10.0 Å². The number of anilines is 1. The first-order valence-electron chi connectivity index (χ1n) is 6.22. The van der Waals surface area contributed by atoms with Crippen LogP contribution in [0.15, 0.2) is 48.5 Å². The van der Waals surface area contributed by atoms with Gasteiger partial charge in [0, 0.05) is 5.56 Å². The zero-order chi connectivity index (χ0) is 15.3. The van der Waals surface area contributed by atoms with Crippen LogP contribution in [0, 0.1) is 11.3 Å². The predicted molar refractivity (Wildman–Crippen MR) is 79.8 cm³/mol. The van der Waals surface area contributed by atoms with Crippen LogP contribution in [0.4, 0.5) is 5.69 Å². The molecule has 2 aromatic carbocycles. The third-order valence-corrected chi connectivity index (χ3v) is 4.11. The zero-order valence-corrected chi connectivity index (χ0v) is 12.0. The lowest BCUT2D eigenvalue weighted by Gasteiger charge is -2.11. The monoisotopic (exact) mass is 302 g/mol. The average molecular weight is 302 g/mol. The van der Waals surface area contributed by atoms with E-state index in [0.29, 0.717) is 22.4 Å². The maximum absolute atomic E-state index is 12.2. The van der Waals surface area contributed by atoms with Crippen LogP contribution in [0.2, 0.25) is 0 Å². The number of para-hydroxylation sites is 1. The minimum atomic E-state index is -3.62. The number of hydrogen-bond donors (Lipinski definition) is 2. The molecule has 0 aliphatic rings. The maximum atomic E-state index is 12.2. The van der Waals surface area contributed by atoms with Crippen LogP contribution in [0.1, 0.15) is 16.7 Å². The molecular formula is C15H14N2O3S. The summed E-state index contributed by atoms with van der Waals surface area (Å²) in [5.41, 5.74) is 1.81. The summed E-state index contributed by atoms with van der Waals surface area (Å²) in [6.45, 7) is -0.247. The van der Waals surface area contributed by atoms with E-state index >= 15 is 0 Å². The Hall–Kier alpha value is -2.36. The first-order chi connectivity index (χ1) is 10.0. The number of benzene rings is 2. The number of nitrogens with one attached hydrogen (secondary N) is 1. The Morgan fingerprint density at radius 1 is 1.14 bits per heavy atom. The number of nitriles is 1. The quantitative estimate of drug-likeness (QED) is 0.883. The number of nitrogens with zero attached hydrogens (tertiary/aromatic N) is 1. The van der Waals surface area contributed by atoms with Gasteiger partial charge in [-0.1, -0.05) is 30.3 Å². The smallest absolute Gasteiger partial charge is 0.236 e. The van der Waals surface area contributed by atoms with Crippen LogP contribution in [0.25, 0.3) is 0 Å². The summed E-state index contributed by atoms with van der Waals surface area (Å²) in [4.78, 5) is 0. The minimum Gasteiger partial charge on any atom is -0.392 e. The van der Waals surface area contributed by atoms with Gasteiger partial charge in [-0.25, -0.2) is 8.42 Å². The molecule has 0 radical (unpaired) electrons. The van der Waals surface area contributed by atoms with Crippen LogP contribution in [0.5, 0.6) is 0 Å². The molecule has 2 rings (SSSR count). The van der Waals surface area contributed by atoms with Crippen molar-refractivity contribution in [3.63, 3.8) is 0 Å². The number of hydrogen-bond acceptors (Lipinski definition) is 4. The van der Waals surface area contributed by atoms with Crippen molar-refractivity contribution < 1.29 is 13.5 Å². The number of sulfonamides is 1. The van der Waals surface area contributed by atoms with E-state index in [9.17, 15) is 13.5 Å². The van der Waals surface area contributed by atoms with E-state index in [2.05, 4.69) is 4.72 Å². The second kappa shape index (κ2) is 6.39. The third kappa shape index (κ3) is 4.05. The summed E-state index contributed by atoms with van der Waals surface area (Å²) >= 11 is 0. The van der Waals surface area contributed by atoms with Crippen LogP contribution >= 0.6 is 0 Å². The van der Waals surface area contributed by atoms with Crippen molar-refractivity contribution >= 4 is 15.7 Å². The van der Waals surface area contributed by atoms with Crippen molar-refractivity contribution in [3.8, 4) is 6.07 Å². The molecule has 108 valence electrons. The Bertz CT molecular complexity index is 780. The minimum absolute atomic E-state index is 0.234. The average Bonchev–Trinajstić information content (AvgIpc) is 2.47. The molecule has 0 bridgehead atoms. The Morgan fingerprint density at radius 2 is 1.90 bits per heavy atom. The van der Waals surface area contributed by atoms with Crippen molar-refractivity contribution in [2.45, 2.75) is 12.4 Å². The largest absolute Gasteiger partial charge is 0.392 e. The van der Waals surface area contributed by atoms with Gasteiger partial charge in [-0.05, 0) is 23.8 Å². The molecule has 0 amide bonds. The van der Waals surface area contributed by atoms with Gasteiger partial charge in [0.2, 0.25) is 10.0 Å². The van der Waals surface area contributed by atoms with Crippen molar-refractivity contribution in [1.82, 2.24) is 0 Å². The van der Waals surface area contributed by atoms with Gasteiger partial charge in [0.15, 0.2) is 0 Å². The molecule has 6 heteroatoms. The Labute approximate surface area is 123 Å². The highest BCUT2D eigenvalue weighted by Crippen LogP contribution is 2.18. The summed E-state index contributed by atoms with van der Waals surface area (Å²) in [6, 6.07) is 15.1.